The van der Waals surface area contributed by atoms with Gasteiger partial charge in [-0.05, 0) is 18.6 Å². The molecule has 0 saturated carbocycles. The summed E-state index contributed by atoms with van der Waals surface area (Å²) in [5, 5.41) is 9.33. The van der Waals surface area contributed by atoms with Gasteiger partial charge in [-0.25, -0.2) is 9.78 Å². The predicted octanol–water partition coefficient (Wildman–Crippen LogP) is 4.33. The van der Waals surface area contributed by atoms with E-state index in [2.05, 4.69) is 4.98 Å². The van der Waals surface area contributed by atoms with Crippen LogP contribution in [0.25, 0.3) is 11.3 Å². The Morgan fingerprint density at radius 1 is 1.04 bits per heavy atom. The molecule has 0 unspecified atom stereocenters. The number of carboxylic acids is 1. The number of aryl methyl sites for hydroxylation is 1. The van der Waals surface area contributed by atoms with Crippen molar-refractivity contribution in [3.8, 4) is 17.1 Å². The van der Waals surface area contributed by atoms with Crippen molar-refractivity contribution < 1.29 is 14.6 Å². The predicted molar refractivity (Wildman–Crippen MR) is 92.1 cm³/mol. The molecule has 4 heteroatoms. The van der Waals surface area contributed by atoms with Crippen LogP contribution in [-0.4, -0.2) is 16.1 Å². The molecule has 0 atom stereocenters. The smallest absolute Gasteiger partial charge is 0.335 e. The van der Waals surface area contributed by atoms with E-state index in [0.717, 1.165) is 16.7 Å². The van der Waals surface area contributed by atoms with Crippen LogP contribution in [0.4, 0.5) is 0 Å². The number of ether oxygens (including phenoxy) is 1. The minimum Gasteiger partial charge on any atom is -0.478 e. The maximum atomic E-state index is 11.4. The summed E-state index contributed by atoms with van der Waals surface area (Å²) in [6, 6.07) is 20.5. The van der Waals surface area contributed by atoms with Gasteiger partial charge in [0.1, 0.15) is 6.61 Å². The van der Waals surface area contributed by atoms with Crippen LogP contribution in [0.2, 0.25) is 0 Å². The number of benzene rings is 2. The lowest BCUT2D eigenvalue weighted by Gasteiger charge is -2.09. The summed E-state index contributed by atoms with van der Waals surface area (Å²) in [5.74, 6) is -0.704. The Labute approximate surface area is 140 Å². The van der Waals surface area contributed by atoms with Gasteiger partial charge in [-0.15, -0.1) is 0 Å². The molecular formula is C20H17NO3. The standard InChI is InChI=1S/C20H17NO3/c1-14-7-9-16(10-8-14)18-11-17(20(22)23)12-19(21-18)24-13-15-5-3-2-4-6-15/h2-12H,13H2,1H3,(H,22,23). The molecule has 1 aromatic heterocycles. The number of nitrogens with zero attached hydrogens (tertiary/aromatic N) is 1. The van der Waals surface area contributed by atoms with Gasteiger partial charge >= 0.3 is 5.97 Å². The molecule has 3 rings (SSSR count). The Balaban J connectivity index is 1.91. The van der Waals surface area contributed by atoms with Crippen molar-refractivity contribution in [1.29, 1.82) is 0 Å². The van der Waals surface area contributed by atoms with Gasteiger partial charge in [0.05, 0.1) is 11.3 Å². The van der Waals surface area contributed by atoms with Crippen molar-refractivity contribution in [2.24, 2.45) is 0 Å². The Morgan fingerprint density at radius 3 is 2.42 bits per heavy atom. The topological polar surface area (TPSA) is 59.4 Å². The van der Waals surface area contributed by atoms with Crippen molar-refractivity contribution in [2.75, 3.05) is 0 Å². The van der Waals surface area contributed by atoms with Crippen LogP contribution < -0.4 is 4.74 Å². The molecule has 24 heavy (non-hydrogen) atoms. The lowest BCUT2D eigenvalue weighted by atomic mass is 10.1. The van der Waals surface area contributed by atoms with E-state index in [0.29, 0.717) is 18.2 Å². The zero-order valence-corrected chi connectivity index (χ0v) is 13.3. The van der Waals surface area contributed by atoms with Crippen LogP contribution in [0.5, 0.6) is 5.88 Å². The molecule has 0 aliphatic heterocycles. The summed E-state index contributed by atoms with van der Waals surface area (Å²) >= 11 is 0. The largest absolute Gasteiger partial charge is 0.478 e. The van der Waals surface area contributed by atoms with Gasteiger partial charge in [0.2, 0.25) is 5.88 Å². The summed E-state index contributed by atoms with van der Waals surface area (Å²) in [7, 11) is 0. The number of carbonyl (C=O) groups is 1. The van der Waals surface area contributed by atoms with E-state index in [4.69, 9.17) is 4.74 Å². The van der Waals surface area contributed by atoms with Crippen LogP contribution >= 0.6 is 0 Å². The van der Waals surface area contributed by atoms with Crippen LogP contribution in [0.15, 0.2) is 66.7 Å². The minimum atomic E-state index is -1.00. The molecule has 0 aliphatic carbocycles. The Morgan fingerprint density at radius 2 is 1.75 bits per heavy atom. The van der Waals surface area contributed by atoms with E-state index < -0.39 is 5.97 Å². The van der Waals surface area contributed by atoms with Crippen molar-refractivity contribution in [1.82, 2.24) is 4.98 Å². The van der Waals surface area contributed by atoms with E-state index in [1.807, 2.05) is 61.5 Å². The van der Waals surface area contributed by atoms with Crippen molar-refractivity contribution in [2.45, 2.75) is 13.5 Å². The van der Waals surface area contributed by atoms with Crippen LogP contribution in [0, 0.1) is 6.92 Å². The second-order valence-electron chi connectivity index (χ2n) is 5.52. The SMILES string of the molecule is Cc1ccc(-c2cc(C(=O)O)cc(OCc3ccccc3)n2)cc1. The minimum absolute atomic E-state index is 0.156. The van der Waals surface area contributed by atoms with E-state index in [1.54, 1.807) is 6.07 Å². The van der Waals surface area contributed by atoms with E-state index in [9.17, 15) is 9.90 Å². The molecule has 120 valence electrons. The highest BCUT2D eigenvalue weighted by Gasteiger charge is 2.11. The maximum Gasteiger partial charge on any atom is 0.335 e. The molecule has 0 fully saturated rings. The Bertz CT molecular complexity index is 843. The number of carboxylic acid groups (broad SMARTS) is 1. The fourth-order valence-corrected chi connectivity index (χ4v) is 2.31. The average Bonchev–Trinajstić information content (AvgIpc) is 2.61. The van der Waals surface area contributed by atoms with E-state index in [-0.39, 0.29) is 5.56 Å². The van der Waals surface area contributed by atoms with Gasteiger partial charge in [-0.1, -0.05) is 60.2 Å². The highest BCUT2D eigenvalue weighted by molar-refractivity contribution is 5.89. The normalized spacial score (nSPS) is 10.4. The van der Waals surface area contributed by atoms with E-state index in [1.165, 1.54) is 6.07 Å². The Hall–Kier alpha value is -3.14. The lowest BCUT2D eigenvalue weighted by Crippen LogP contribution is -2.02. The van der Waals surface area contributed by atoms with Gasteiger partial charge in [0.25, 0.3) is 0 Å². The first-order valence-corrected chi connectivity index (χ1v) is 7.61. The van der Waals surface area contributed by atoms with Crippen LogP contribution in [-0.2, 0) is 6.61 Å². The van der Waals surface area contributed by atoms with Gasteiger partial charge < -0.3 is 9.84 Å². The van der Waals surface area contributed by atoms with Crippen LogP contribution in [0.3, 0.4) is 0 Å². The maximum absolute atomic E-state index is 11.4. The molecule has 3 aromatic rings. The fraction of sp³-hybridized carbons (Fsp3) is 0.100. The summed E-state index contributed by atoms with van der Waals surface area (Å²) in [6.45, 7) is 2.34. The monoisotopic (exact) mass is 319 g/mol. The highest BCUT2D eigenvalue weighted by atomic mass is 16.5. The van der Waals surface area contributed by atoms with Gasteiger partial charge in [0.15, 0.2) is 0 Å². The van der Waals surface area contributed by atoms with Crippen molar-refractivity contribution in [3.63, 3.8) is 0 Å². The fourth-order valence-electron chi connectivity index (χ4n) is 2.31. The summed E-state index contributed by atoms with van der Waals surface area (Å²) < 4.78 is 5.69. The van der Waals surface area contributed by atoms with E-state index >= 15 is 0 Å². The number of pyridine rings is 1. The van der Waals surface area contributed by atoms with Crippen molar-refractivity contribution in [3.05, 3.63) is 83.4 Å². The quantitative estimate of drug-likeness (QED) is 0.760. The second-order valence-corrected chi connectivity index (χ2v) is 5.52. The highest BCUT2D eigenvalue weighted by Crippen LogP contribution is 2.23. The second kappa shape index (κ2) is 6.96. The van der Waals surface area contributed by atoms with Crippen molar-refractivity contribution >= 4 is 5.97 Å². The van der Waals surface area contributed by atoms with Gasteiger partial charge in [0, 0.05) is 11.6 Å². The van der Waals surface area contributed by atoms with Gasteiger partial charge in [-0.3, -0.25) is 0 Å². The molecule has 4 nitrogen and oxygen atoms in total. The number of hydrogen-bond donors (Lipinski definition) is 1. The van der Waals surface area contributed by atoms with Gasteiger partial charge in [-0.2, -0.15) is 0 Å². The number of hydrogen-bond acceptors (Lipinski definition) is 3. The number of aromatic nitrogens is 1. The third kappa shape index (κ3) is 3.79. The average molecular weight is 319 g/mol. The zero-order valence-electron chi connectivity index (χ0n) is 13.3. The molecule has 2 aromatic carbocycles. The lowest BCUT2D eigenvalue weighted by molar-refractivity contribution is 0.0696. The summed E-state index contributed by atoms with van der Waals surface area (Å²) in [5.41, 5.74) is 3.72. The number of rotatable bonds is 5. The molecule has 0 aliphatic rings. The summed E-state index contributed by atoms with van der Waals surface area (Å²) in [4.78, 5) is 15.8. The zero-order chi connectivity index (χ0) is 16.9. The number of aromatic carboxylic acids is 1. The summed E-state index contributed by atoms with van der Waals surface area (Å²) in [6.07, 6.45) is 0. The molecule has 0 bridgehead atoms. The molecule has 1 heterocycles. The first-order chi connectivity index (χ1) is 11.6. The molecule has 0 radical (unpaired) electrons. The molecular weight excluding hydrogens is 302 g/mol. The molecule has 1 N–H and O–H groups in total. The third-order valence-electron chi connectivity index (χ3n) is 3.63. The first-order valence-electron chi connectivity index (χ1n) is 7.61. The Kier molecular flexibility index (Phi) is 4.57. The molecule has 0 saturated heterocycles. The molecule has 0 amide bonds. The first kappa shape index (κ1) is 15.7. The molecule has 0 spiro atoms. The van der Waals surface area contributed by atoms with Crippen LogP contribution in [0.1, 0.15) is 21.5 Å². The third-order valence-corrected chi connectivity index (χ3v) is 3.63.